The van der Waals surface area contributed by atoms with Crippen molar-refractivity contribution < 1.29 is 9.53 Å². The highest BCUT2D eigenvalue weighted by Crippen LogP contribution is 2.15. The van der Waals surface area contributed by atoms with Gasteiger partial charge in [-0.15, -0.1) is 0 Å². The number of hydrogen-bond donors (Lipinski definition) is 1. The van der Waals surface area contributed by atoms with E-state index in [1.54, 1.807) is 10.7 Å². The standard InChI is InChI=1S/C18H24N4O2/c1-21-10-9-17(20-21)19-18(23)13-22-11-7-16(8-12-22)24-14-15-5-3-2-4-6-15/h2-6,9-10,16H,7-8,11-14H2,1H3,(H,19,20,23). The molecule has 2 heterocycles. The summed E-state index contributed by atoms with van der Waals surface area (Å²) in [5, 5.41) is 6.98. The molecule has 1 N–H and O–H groups in total. The minimum Gasteiger partial charge on any atom is -0.373 e. The van der Waals surface area contributed by atoms with Crippen LogP contribution in [0.15, 0.2) is 42.6 Å². The van der Waals surface area contributed by atoms with Gasteiger partial charge in [0, 0.05) is 32.4 Å². The summed E-state index contributed by atoms with van der Waals surface area (Å²) in [6, 6.07) is 12.0. The Morgan fingerprint density at radius 1 is 1.25 bits per heavy atom. The molecule has 1 amide bonds. The molecule has 0 atom stereocenters. The number of nitrogens with one attached hydrogen (secondary N) is 1. The average molecular weight is 328 g/mol. The van der Waals surface area contributed by atoms with Gasteiger partial charge < -0.3 is 10.1 Å². The molecule has 0 saturated carbocycles. The number of carbonyl (C=O) groups is 1. The van der Waals surface area contributed by atoms with E-state index < -0.39 is 0 Å². The SMILES string of the molecule is Cn1ccc(NC(=O)CN2CCC(OCc3ccccc3)CC2)n1. The fourth-order valence-electron chi connectivity index (χ4n) is 2.89. The lowest BCUT2D eigenvalue weighted by Gasteiger charge is -2.31. The Balaban J connectivity index is 1.36. The molecule has 6 heteroatoms. The number of piperidine rings is 1. The molecular weight excluding hydrogens is 304 g/mol. The van der Waals surface area contributed by atoms with Crippen LogP contribution in [-0.2, 0) is 23.2 Å². The van der Waals surface area contributed by atoms with Crippen molar-refractivity contribution in [3.8, 4) is 0 Å². The monoisotopic (exact) mass is 328 g/mol. The quantitative estimate of drug-likeness (QED) is 0.881. The van der Waals surface area contributed by atoms with Gasteiger partial charge in [-0.2, -0.15) is 5.10 Å². The fourth-order valence-corrected chi connectivity index (χ4v) is 2.89. The number of aryl methyl sites for hydroxylation is 1. The Bertz CT molecular complexity index is 648. The van der Waals surface area contributed by atoms with Crippen LogP contribution < -0.4 is 5.32 Å². The molecule has 0 radical (unpaired) electrons. The number of carbonyl (C=O) groups excluding carboxylic acids is 1. The summed E-state index contributed by atoms with van der Waals surface area (Å²) in [7, 11) is 1.83. The molecule has 3 rings (SSSR count). The van der Waals surface area contributed by atoms with Gasteiger partial charge in [0.15, 0.2) is 5.82 Å². The van der Waals surface area contributed by atoms with Gasteiger partial charge in [0.25, 0.3) is 0 Å². The molecule has 1 fully saturated rings. The van der Waals surface area contributed by atoms with Gasteiger partial charge in [-0.1, -0.05) is 30.3 Å². The predicted molar refractivity (Wildman–Crippen MR) is 92.5 cm³/mol. The van der Waals surface area contributed by atoms with Gasteiger partial charge in [-0.25, -0.2) is 0 Å². The van der Waals surface area contributed by atoms with Crippen LogP contribution in [0.2, 0.25) is 0 Å². The number of aromatic nitrogens is 2. The van der Waals surface area contributed by atoms with Crippen molar-refractivity contribution in [2.24, 2.45) is 7.05 Å². The van der Waals surface area contributed by atoms with E-state index in [2.05, 4.69) is 27.4 Å². The Morgan fingerprint density at radius 3 is 2.67 bits per heavy atom. The van der Waals surface area contributed by atoms with E-state index in [0.717, 1.165) is 25.9 Å². The Morgan fingerprint density at radius 2 is 2.00 bits per heavy atom. The van der Waals surface area contributed by atoms with Crippen molar-refractivity contribution in [3.05, 3.63) is 48.2 Å². The van der Waals surface area contributed by atoms with Crippen molar-refractivity contribution in [2.75, 3.05) is 25.0 Å². The highest BCUT2D eigenvalue weighted by Gasteiger charge is 2.21. The summed E-state index contributed by atoms with van der Waals surface area (Å²) in [6.07, 6.45) is 4.01. The first-order valence-corrected chi connectivity index (χ1v) is 8.36. The molecule has 6 nitrogen and oxygen atoms in total. The lowest BCUT2D eigenvalue weighted by Crippen LogP contribution is -2.41. The van der Waals surface area contributed by atoms with Crippen LogP contribution in [0, 0.1) is 0 Å². The molecule has 0 unspecified atom stereocenters. The van der Waals surface area contributed by atoms with E-state index in [0.29, 0.717) is 19.0 Å². The first-order chi connectivity index (χ1) is 11.7. The maximum absolute atomic E-state index is 12.0. The number of anilines is 1. The van der Waals surface area contributed by atoms with Gasteiger partial charge in [0.1, 0.15) is 0 Å². The first kappa shape index (κ1) is 16.7. The minimum atomic E-state index is -0.0163. The maximum Gasteiger partial charge on any atom is 0.239 e. The zero-order valence-electron chi connectivity index (χ0n) is 14.0. The van der Waals surface area contributed by atoms with Crippen LogP contribution in [0.1, 0.15) is 18.4 Å². The predicted octanol–water partition coefficient (Wildman–Crippen LogP) is 2.04. The highest BCUT2D eigenvalue weighted by molar-refractivity contribution is 5.91. The van der Waals surface area contributed by atoms with Gasteiger partial charge in [0.05, 0.1) is 19.3 Å². The number of likely N-dealkylation sites (tertiary alicyclic amines) is 1. The first-order valence-electron chi connectivity index (χ1n) is 8.36. The number of ether oxygens (including phenoxy) is 1. The number of hydrogen-bond acceptors (Lipinski definition) is 4. The van der Waals surface area contributed by atoms with Crippen molar-refractivity contribution in [2.45, 2.75) is 25.6 Å². The molecule has 128 valence electrons. The van der Waals surface area contributed by atoms with Crippen molar-refractivity contribution >= 4 is 11.7 Å². The smallest absolute Gasteiger partial charge is 0.239 e. The number of nitrogens with zero attached hydrogens (tertiary/aromatic N) is 3. The second-order valence-electron chi connectivity index (χ2n) is 6.19. The van der Waals surface area contributed by atoms with E-state index in [1.165, 1.54) is 5.56 Å². The second kappa shape index (κ2) is 8.08. The average Bonchev–Trinajstić information content (AvgIpc) is 3.00. The van der Waals surface area contributed by atoms with Crippen LogP contribution in [0.5, 0.6) is 0 Å². The summed E-state index contributed by atoms with van der Waals surface area (Å²) in [4.78, 5) is 14.2. The van der Waals surface area contributed by atoms with E-state index >= 15 is 0 Å². The van der Waals surface area contributed by atoms with Crippen LogP contribution >= 0.6 is 0 Å². The Kier molecular flexibility index (Phi) is 5.61. The number of rotatable bonds is 6. The third-order valence-electron chi connectivity index (χ3n) is 4.21. The summed E-state index contributed by atoms with van der Waals surface area (Å²) < 4.78 is 7.65. The maximum atomic E-state index is 12.0. The Labute approximate surface area is 142 Å². The lowest BCUT2D eigenvalue weighted by atomic mass is 10.1. The van der Waals surface area contributed by atoms with Crippen molar-refractivity contribution in [1.29, 1.82) is 0 Å². The molecule has 0 aliphatic carbocycles. The topological polar surface area (TPSA) is 59.4 Å². The summed E-state index contributed by atoms with van der Waals surface area (Å²) in [5.74, 6) is 0.584. The third-order valence-corrected chi connectivity index (χ3v) is 4.21. The molecule has 1 saturated heterocycles. The highest BCUT2D eigenvalue weighted by atomic mass is 16.5. The Hall–Kier alpha value is -2.18. The second-order valence-corrected chi connectivity index (χ2v) is 6.19. The van der Waals surface area contributed by atoms with Crippen molar-refractivity contribution in [3.63, 3.8) is 0 Å². The summed E-state index contributed by atoms with van der Waals surface area (Å²) in [6.45, 7) is 2.83. The van der Waals surface area contributed by atoms with Gasteiger partial charge in [-0.05, 0) is 18.4 Å². The summed E-state index contributed by atoms with van der Waals surface area (Å²) >= 11 is 0. The molecule has 1 aromatic carbocycles. The van der Waals surface area contributed by atoms with Crippen LogP contribution in [0.4, 0.5) is 5.82 Å². The molecular formula is C18H24N4O2. The molecule has 1 aromatic heterocycles. The number of benzene rings is 1. The fraction of sp³-hybridized carbons (Fsp3) is 0.444. The minimum absolute atomic E-state index is 0.0163. The molecule has 1 aliphatic rings. The molecule has 24 heavy (non-hydrogen) atoms. The van der Waals surface area contributed by atoms with E-state index in [4.69, 9.17) is 4.74 Å². The van der Waals surface area contributed by atoms with Gasteiger partial charge in [0.2, 0.25) is 5.91 Å². The molecule has 2 aromatic rings. The van der Waals surface area contributed by atoms with Crippen LogP contribution in [-0.4, -0.2) is 46.3 Å². The van der Waals surface area contributed by atoms with Gasteiger partial charge in [-0.3, -0.25) is 14.4 Å². The molecule has 0 spiro atoms. The summed E-state index contributed by atoms with van der Waals surface area (Å²) in [5.41, 5.74) is 1.20. The molecule has 0 bridgehead atoms. The van der Waals surface area contributed by atoms with Crippen LogP contribution in [0.25, 0.3) is 0 Å². The van der Waals surface area contributed by atoms with Crippen LogP contribution in [0.3, 0.4) is 0 Å². The normalized spacial score (nSPS) is 16.2. The zero-order valence-corrected chi connectivity index (χ0v) is 14.0. The largest absolute Gasteiger partial charge is 0.373 e. The van der Waals surface area contributed by atoms with Crippen molar-refractivity contribution in [1.82, 2.24) is 14.7 Å². The molecule has 1 aliphatic heterocycles. The van der Waals surface area contributed by atoms with E-state index in [9.17, 15) is 4.79 Å². The zero-order chi connectivity index (χ0) is 16.8. The van der Waals surface area contributed by atoms with E-state index in [-0.39, 0.29) is 12.0 Å². The van der Waals surface area contributed by atoms with E-state index in [1.807, 2.05) is 31.4 Å². The lowest BCUT2D eigenvalue weighted by molar-refractivity contribution is -0.118. The van der Waals surface area contributed by atoms with Gasteiger partial charge >= 0.3 is 0 Å². The number of amides is 1. The third kappa shape index (κ3) is 4.91.